The van der Waals surface area contributed by atoms with Crippen LogP contribution in [0, 0.1) is 5.41 Å². The largest absolute Gasteiger partial charge is 0.326 e. The number of hydrogen-bond acceptors (Lipinski definition) is 3. The third-order valence-electron chi connectivity index (χ3n) is 3.94. The summed E-state index contributed by atoms with van der Waals surface area (Å²) in [6.07, 6.45) is 1.80. The number of nitrogens with one attached hydrogen (secondary N) is 2. The molecule has 20 heavy (non-hydrogen) atoms. The molecule has 0 spiro atoms. The summed E-state index contributed by atoms with van der Waals surface area (Å²) in [6, 6.07) is 8.10. The molecule has 1 aromatic rings. The minimum atomic E-state index is -0.247. The molecule has 2 rings (SSSR count). The zero-order chi connectivity index (χ0) is 14.6. The molecule has 0 unspecified atom stereocenters. The second-order valence-electron chi connectivity index (χ2n) is 6.20. The first-order chi connectivity index (χ1) is 9.49. The molecule has 1 aliphatic rings. The summed E-state index contributed by atoms with van der Waals surface area (Å²) in [6.45, 7) is 4.78. The van der Waals surface area contributed by atoms with Crippen LogP contribution in [0.15, 0.2) is 24.3 Å². The highest BCUT2D eigenvalue weighted by Crippen LogP contribution is 2.29. The van der Waals surface area contributed by atoms with E-state index in [1.165, 1.54) is 5.56 Å². The van der Waals surface area contributed by atoms with Crippen molar-refractivity contribution in [3.63, 3.8) is 0 Å². The molecule has 0 atom stereocenters. The van der Waals surface area contributed by atoms with Gasteiger partial charge in [0.1, 0.15) is 0 Å². The van der Waals surface area contributed by atoms with Gasteiger partial charge in [0.2, 0.25) is 5.91 Å². The van der Waals surface area contributed by atoms with Crippen molar-refractivity contribution in [2.45, 2.75) is 26.3 Å². The van der Waals surface area contributed by atoms with E-state index < -0.39 is 0 Å². The molecule has 2 N–H and O–H groups in total. The fourth-order valence-electron chi connectivity index (χ4n) is 2.60. The SMILES string of the molecule is CN(C)Cc1cccc(NC(=O)C2(C)CCNCC2)c1. The fourth-order valence-corrected chi connectivity index (χ4v) is 2.60. The molecule has 4 heteroatoms. The molecule has 1 aromatic carbocycles. The van der Waals surface area contributed by atoms with Crippen molar-refractivity contribution < 1.29 is 4.79 Å². The summed E-state index contributed by atoms with van der Waals surface area (Å²) < 4.78 is 0. The van der Waals surface area contributed by atoms with Gasteiger partial charge in [0.05, 0.1) is 0 Å². The van der Waals surface area contributed by atoms with E-state index in [1.807, 2.05) is 26.2 Å². The highest BCUT2D eigenvalue weighted by molar-refractivity contribution is 5.95. The Morgan fingerprint density at radius 2 is 2.05 bits per heavy atom. The van der Waals surface area contributed by atoms with Gasteiger partial charge in [-0.25, -0.2) is 0 Å². The Bertz CT molecular complexity index is 465. The predicted octanol–water partition coefficient (Wildman–Crippen LogP) is 2.08. The Labute approximate surface area is 121 Å². The zero-order valence-electron chi connectivity index (χ0n) is 12.7. The highest BCUT2D eigenvalue weighted by Gasteiger charge is 2.34. The molecule has 4 nitrogen and oxygen atoms in total. The van der Waals surface area contributed by atoms with E-state index in [-0.39, 0.29) is 11.3 Å². The third-order valence-corrected chi connectivity index (χ3v) is 3.94. The molecular weight excluding hydrogens is 250 g/mol. The lowest BCUT2D eigenvalue weighted by Crippen LogP contribution is -2.42. The molecule has 1 aliphatic heterocycles. The summed E-state index contributed by atoms with van der Waals surface area (Å²) in [5.41, 5.74) is 1.86. The smallest absolute Gasteiger partial charge is 0.230 e. The van der Waals surface area contributed by atoms with Crippen molar-refractivity contribution >= 4 is 11.6 Å². The third kappa shape index (κ3) is 3.81. The van der Waals surface area contributed by atoms with Gasteiger partial charge in [-0.1, -0.05) is 19.1 Å². The molecule has 110 valence electrons. The van der Waals surface area contributed by atoms with E-state index in [4.69, 9.17) is 0 Å². The van der Waals surface area contributed by atoms with E-state index in [0.29, 0.717) is 0 Å². The zero-order valence-corrected chi connectivity index (χ0v) is 12.7. The number of carbonyl (C=O) groups is 1. The Balaban J connectivity index is 2.03. The number of carbonyl (C=O) groups excluding carboxylic acids is 1. The molecule has 0 aromatic heterocycles. The highest BCUT2D eigenvalue weighted by atomic mass is 16.2. The first-order valence-corrected chi connectivity index (χ1v) is 7.25. The number of hydrogen-bond donors (Lipinski definition) is 2. The number of benzene rings is 1. The van der Waals surface area contributed by atoms with Crippen LogP contribution < -0.4 is 10.6 Å². The van der Waals surface area contributed by atoms with Crippen LogP contribution in [0.25, 0.3) is 0 Å². The lowest BCUT2D eigenvalue weighted by molar-refractivity contribution is -0.126. The maximum absolute atomic E-state index is 12.5. The van der Waals surface area contributed by atoms with E-state index in [2.05, 4.69) is 34.6 Å². The summed E-state index contributed by atoms with van der Waals surface area (Å²) in [4.78, 5) is 14.6. The van der Waals surface area contributed by atoms with Gasteiger partial charge in [-0.2, -0.15) is 0 Å². The second-order valence-corrected chi connectivity index (χ2v) is 6.20. The molecule has 0 radical (unpaired) electrons. The van der Waals surface area contributed by atoms with Crippen LogP contribution in [-0.2, 0) is 11.3 Å². The van der Waals surface area contributed by atoms with Gasteiger partial charge in [-0.05, 0) is 57.7 Å². The number of nitrogens with zero attached hydrogens (tertiary/aromatic N) is 1. The maximum Gasteiger partial charge on any atom is 0.230 e. The molecule has 1 saturated heterocycles. The summed E-state index contributed by atoms with van der Waals surface area (Å²) in [5.74, 6) is 0.140. The van der Waals surface area contributed by atoms with Crippen molar-refractivity contribution in [3.8, 4) is 0 Å². The van der Waals surface area contributed by atoms with Gasteiger partial charge in [0, 0.05) is 17.6 Å². The van der Waals surface area contributed by atoms with Crippen LogP contribution in [0.3, 0.4) is 0 Å². The van der Waals surface area contributed by atoms with Gasteiger partial charge in [-0.3, -0.25) is 4.79 Å². The number of piperidine rings is 1. The summed E-state index contributed by atoms with van der Waals surface area (Å²) in [5, 5.41) is 6.38. The van der Waals surface area contributed by atoms with Crippen LogP contribution in [0.2, 0.25) is 0 Å². The molecule has 1 heterocycles. The lowest BCUT2D eigenvalue weighted by atomic mass is 9.80. The molecule has 1 amide bonds. The Hall–Kier alpha value is -1.39. The molecular formula is C16H25N3O. The minimum absolute atomic E-state index is 0.140. The summed E-state index contributed by atoms with van der Waals surface area (Å²) in [7, 11) is 4.09. The van der Waals surface area contributed by atoms with Gasteiger partial charge in [0.15, 0.2) is 0 Å². The van der Waals surface area contributed by atoms with Crippen molar-refractivity contribution in [1.82, 2.24) is 10.2 Å². The van der Waals surface area contributed by atoms with Crippen molar-refractivity contribution in [3.05, 3.63) is 29.8 Å². The van der Waals surface area contributed by atoms with Gasteiger partial charge in [-0.15, -0.1) is 0 Å². The first kappa shape index (κ1) is 15.0. The molecule has 1 fully saturated rings. The first-order valence-electron chi connectivity index (χ1n) is 7.25. The second kappa shape index (κ2) is 6.37. The lowest BCUT2D eigenvalue weighted by Gasteiger charge is -2.32. The molecule has 0 saturated carbocycles. The predicted molar refractivity (Wildman–Crippen MR) is 82.7 cm³/mol. The van der Waals surface area contributed by atoms with Crippen molar-refractivity contribution in [2.24, 2.45) is 5.41 Å². The minimum Gasteiger partial charge on any atom is -0.326 e. The summed E-state index contributed by atoms with van der Waals surface area (Å²) >= 11 is 0. The average molecular weight is 275 g/mol. The Kier molecular flexibility index (Phi) is 4.78. The van der Waals surface area contributed by atoms with Crippen LogP contribution in [0.1, 0.15) is 25.3 Å². The average Bonchev–Trinajstić information content (AvgIpc) is 2.39. The van der Waals surface area contributed by atoms with Gasteiger partial charge in [0.25, 0.3) is 0 Å². The number of anilines is 1. The monoisotopic (exact) mass is 275 g/mol. The Morgan fingerprint density at radius 3 is 2.70 bits per heavy atom. The van der Waals surface area contributed by atoms with E-state index >= 15 is 0 Å². The number of amides is 1. The van der Waals surface area contributed by atoms with Crippen molar-refractivity contribution in [1.29, 1.82) is 0 Å². The molecule has 0 aliphatic carbocycles. The van der Waals surface area contributed by atoms with Crippen LogP contribution in [0.5, 0.6) is 0 Å². The van der Waals surface area contributed by atoms with Gasteiger partial charge >= 0.3 is 0 Å². The normalized spacial score (nSPS) is 18.0. The van der Waals surface area contributed by atoms with Crippen LogP contribution >= 0.6 is 0 Å². The quantitative estimate of drug-likeness (QED) is 0.884. The van der Waals surface area contributed by atoms with Crippen LogP contribution in [-0.4, -0.2) is 38.0 Å². The molecule has 0 bridgehead atoms. The van der Waals surface area contributed by atoms with Crippen LogP contribution in [0.4, 0.5) is 5.69 Å². The van der Waals surface area contributed by atoms with Crippen molar-refractivity contribution in [2.75, 3.05) is 32.5 Å². The topological polar surface area (TPSA) is 44.4 Å². The van der Waals surface area contributed by atoms with E-state index in [0.717, 1.165) is 38.2 Å². The van der Waals surface area contributed by atoms with E-state index in [9.17, 15) is 4.79 Å². The standard InChI is InChI=1S/C16H25N3O/c1-16(7-9-17-10-8-16)15(20)18-14-6-4-5-13(11-14)12-19(2)3/h4-6,11,17H,7-10,12H2,1-3H3,(H,18,20). The fraction of sp³-hybridized carbons (Fsp3) is 0.562. The van der Waals surface area contributed by atoms with E-state index in [1.54, 1.807) is 0 Å². The maximum atomic E-state index is 12.5. The number of rotatable bonds is 4. The van der Waals surface area contributed by atoms with Gasteiger partial charge < -0.3 is 15.5 Å². The Morgan fingerprint density at radius 1 is 1.35 bits per heavy atom.